The molecule has 0 N–H and O–H groups in total. The van der Waals surface area contributed by atoms with E-state index in [0.29, 0.717) is 24.7 Å². The summed E-state index contributed by atoms with van der Waals surface area (Å²) in [6.07, 6.45) is 18.5. The lowest BCUT2D eigenvalue weighted by atomic mass is 10.1. The number of hydrogen-bond donors (Lipinski definition) is 0. The van der Waals surface area contributed by atoms with E-state index in [1.54, 1.807) is 12.1 Å². The van der Waals surface area contributed by atoms with Crippen LogP contribution in [0, 0.1) is 0 Å². The van der Waals surface area contributed by atoms with Crippen LogP contribution in [0.1, 0.15) is 121 Å². The quantitative estimate of drug-likeness (QED) is 0.197. The minimum atomic E-state index is 0.0760. The van der Waals surface area contributed by atoms with Gasteiger partial charge in [-0.25, -0.2) is 0 Å². The topological polar surface area (TPSA) is 39.4 Å². The summed E-state index contributed by atoms with van der Waals surface area (Å²) in [4.78, 5) is 11.9. The lowest BCUT2D eigenvalue weighted by Crippen LogP contribution is -1.97. The first-order chi connectivity index (χ1) is 12.8. The summed E-state index contributed by atoms with van der Waals surface area (Å²) in [5.41, 5.74) is 0. The highest BCUT2D eigenvalue weighted by atomic mass is 16.6. The highest BCUT2D eigenvalue weighted by Gasteiger charge is 2.11. The van der Waals surface area contributed by atoms with E-state index >= 15 is 0 Å². The van der Waals surface area contributed by atoms with Gasteiger partial charge < -0.3 is 9.15 Å². The van der Waals surface area contributed by atoms with Crippen LogP contribution in [0.5, 0.6) is 5.95 Å². The molecule has 3 heteroatoms. The molecule has 1 rings (SSSR count). The second kappa shape index (κ2) is 16.0. The van der Waals surface area contributed by atoms with Gasteiger partial charge in [-0.1, -0.05) is 90.9 Å². The minimum absolute atomic E-state index is 0.0760. The Bertz CT molecular complexity index is 450. The fourth-order valence-corrected chi connectivity index (χ4v) is 3.12. The standard InChI is InChI=1S/C23H40O3/c1-3-5-7-8-9-10-11-12-13-14-15-16-20-25-23-19-18-22(26-23)21(24)17-6-4-2/h18-19H,3-17,20H2,1-2H3. The number of carbonyl (C=O) groups is 1. The van der Waals surface area contributed by atoms with E-state index in [1.807, 2.05) is 0 Å². The van der Waals surface area contributed by atoms with Crippen LogP contribution in [0.3, 0.4) is 0 Å². The van der Waals surface area contributed by atoms with Crippen LogP contribution in [-0.2, 0) is 0 Å². The Morgan fingerprint density at radius 3 is 1.88 bits per heavy atom. The number of unbranched alkanes of at least 4 members (excludes halogenated alkanes) is 12. The van der Waals surface area contributed by atoms with Crippen LogP contribution >= 0.6 is 0 Å². The average molecular weight is 365 g/mol. The van der Waals surface area contributed by atoms with Gasteiger partial charge in [0, 0.05) is 12.5 Å². The molecule has 0 saturated heterocycles. The molecule has 0 aliphatic carbocycles. The van der Waals surface area contributed by atoms with Crippen LogP contribution in [0.25, 0.3) is 0 Å². The molecular formula is C23H40O3. The van der Waals surface area contributed by atoms with E-state index in [0.717, 1.165) is 19.3 Å². The molecule has 0 atom stereocenters. The fraction of sp³-hybridized carbons (Fsp3) is 0.783. The molecule has 3 nitrogen and oxygen atoms in total. The van der Waals surface area contributed by atoms with Crippen molar-refractivity contribution in [2.45, 2.75) is 110 Å². The van der Waals surface area contributed by atoms with Gasteiger partial charge in [0.05, 0.1) is 6.61 Å². The first-order valence-corrected chi connectivity index (χ1v) is 11.0. The van der Waals surface area contributed by atoms with Crippen molar-refractivity contribution in [2.75, 3.05) is 6.61 Å². The summed E-state index contributed by atoms with van der Waals surface area (Å²) >= 11 is 0. The summed E-state index contributed by atoms with van der Waals surface area (Å²) < 4.78 is 11.1. The predicted molar refractivity (Wildman–Crippen MR) is 109 cm³/mol. The lowest BCUT2D eigenvalue weighted by Gasteiger charge is -2.04. The van der Waals surface area contributed by atoms with E-state index in [-0.39, 0.29) is 5.78 Å². The third-order valence-electron chi connectivity index (χ3n) is 4.86. The molecule has 0 aliphatic rings. The smallest absolute Gasteiger partial charge is 0.284 e. The summed E-state index contributed by atoms with van der Waals surface area (Å²) in [6.45, 7) is 5.03. The van der Waals surface area contributed by atoms with Gasteiger partial charge in [0.2, 0.25) is 0 Å². The van der Waals surface area contributed by atoms with Gasteiger partial charge in [-0.05, 0) is 18.9 Å². The van der Waals surface area contributed by atoms with Crippen molar-refractivity contribution >= 4 is 5.78 Å². The fourth-order valence-electron chi connectivity index (χ4n) is 3.12. The third-order valence-corrected chi connectivity index (χ3v) is 4.86. The number of Topliss-reactive ketones (excluding diaryl/α,β-unsaturated/α-hetero) is 1. The molecule has 0 radical (unpaired) electrons. The van der Waals surface area contributed by atoms with Crippen LogP contribution in [0.2, 0.25) is 0 Å². The van der Waals surface area contributed by atoms with Crippen molar-refractivity contribution in [3.8, 4) is 5.95 Å². The molecule has 0 bridgehead atoms. The van der Waals surface area contributed by atoms with E-state index in [2.05, 4.69) is 13.8 Å². The predicted octanol–water partition coefficient (Wildman–Crippen LogP) is 7.73. The van der Waals surface area contributed by atoms with E-state index in [9.17, 15) is 4.79 Å². The zero-order valence-electron chi connectivity index (χ0n) is 17.2. The van der Waals surface area contributed by atoms with Gasteiger partial charge in [-0.2, -0.15) is 0 Å². The highest BCUT2D eigenvalue weighted by molar-refractivity contribution is 5.93. The maximum atomic E-state index is 11.9. The highest BCUT2D eigenvalue weighted by Crippen LogP contribution is 2.19. The molecule has 0 unspecified atom stereocenters. The summed E-state index contributed by atoms with van der Waals surface area (Å²) in [5.74, 6) is 0.989. The number of furan rings is 1. The van der Waals surface area contributed by atoms with Gasteiger partial charge in [-0.15, -0.1) is 0 Å². The summed E-state index contributed by atoms with van der Waals surface area (Å²) in [5, 5.41) is 0. The van der Waals surface area contributed by atoms with Crippen LogP contribution in [0.15, 0.2) is 16.5 Å². The number of ether oxygens (including phenoxy) is 1. The monoisotopic (exact) mass is 364 g/mol. The molecule has 26 heavy (non-hydrogen) atoms. The maximum absolute atomic E-state index is 11.9. The van der Waals surface area contributed by atoms with Crippen molar-refractivity contribution < 1.29 is 13.9 Å². The second-order valence-corrected chi connectivity index (χ2v) is 7.38. The molecule has 1 aromatic heterocycles. The average Bonchev–Trinajstić information content (AvgIpc) is 3.12. The SMILES string of the molecule is CCCCCCCCCCCCCCOc1ccc(C(=O)CCCC)o1. The molecule has 0 aliphatic heterocycles. The second-order valence-electron chi connectivity index (χ2n) is 7.38. The molecule has 1 aromatic rings. The molecule has 0 spiro atoms. The molecule has 0 amide bonds. The first kappa shape index (κ1) is 22.8. The number of rotatable bonds is 18. The van der Waals surface area contributed by atoms with Gasteiger partial charge in [0.15, 0.2) is 11.5 Å². The largest absolute Gasteiger partial charge is 0.465 e. The Hall–Kier alpha value is -1.25. The zero-order valence-corrected chi connectivity index (χ0v) is 17.2. The molecule has 1 heterocycles. The summed E-state index contributed by atoms with van der Waals surface area (Å²) in [7, 11) is 0. The Labute approximate surface area is 160 Å². The van der Waals surface area contributed by atoms with Gasteiger partial charge >= 0.3 is 0 Å². The number of carbonyl (C=O) groups excluding carboxylic acids is 1. The van der Waals surface area contributed by atoms with Gasteiger partial charge in [0.25, 0.3) is 5.95 Å². The third kappa shape index (κ3) is 11.4. The van der Waals surface area contributed by atoms with Crippen molar-refractivity contribution in [1.29, 1.82) is 0 Å². The van der Waals surface area contributed by atoms with E-state index in [1.165, 1.54) is 70.6 Å². The Kier molecular flexibility index (Phi) is 14.0. The number of ketones is 1. The Balaban J connectivity index is 1.92. The number of hydrogen-bond acceptors (Lipinski definition) is 3. The van der Waals surface area contributed by atoms with Gasteiger partial charge in [0.1, 0.15) is 0 Å². The van der Waals surface area contributed by atoms with Crippen molar-refractivity contribution in [2.24, 2.45) is 0 Å². The molecule has 0 fully saturated rings. The maximum Gasteiger partial charge on any atom is 0.284 e. The Morgan fingerprint density at radius 2 is 1.31 bits per heavy atom. The minimum Gasteiger partial charge on any atom is -0.465 e. The van der Waals surface area contributed by atoms with Crippen LogP contribution < -0.4 is 4.74 Å². The van der Waals surface area contributed by atoms with Crippen molar-refractivity contribution in [3.63, 3.8) is 0 Å². The van der Waals surface area contributed by atoms with Crippen molar-refractivity contribution in [1.82, 2.24) is 0 Å². The van der Waals surface area contributed by atoms with Crippen LogP contribution in [-0.4, -0.2) is 12.4 Å². The molecule has 150 valence electrons. The normalized spacial score (nSPS) is 11.0. The lowest BCUT2D eigenvalue weighted by molar-refractivity contribution is 0.0943. The van der Waals surface area contributed by atoms with E-state index in [4.69, 9.17) is 9.15 Å². The van der Waals surface area contributed by atoms with Crippen molar-refractivity contribution in [3.05, 3.63) is 17.9 Å². The zero-order chi connectivity index (χ0) is 18.9. The van der Waals surface area contributed by atoms with Crippen LogP contribution in [0.4, 0.5) is 0 Å². The molecule has 0 aromatic carbocycles. The van der Waals surface area contributed by atoms with E-state index < -0.39 is 0 Å². The van der Waals surface area contributed by atoms with Gasteiger partial charge in [-0.3, -0.25) is 4.79 Å². The Morgan fingerprint density at radius 1 is 0.769 bits per heavy atom. The molecular weight excluding hydrogens is 324 g/mol. The first-order valence-electron chi connectivity index (χ1n) is 11.0. The molecule has 0 saturated carbocycles. The summed E-state index contributed by atoms with van der Waals surface area (Å²) in [6, 6.07) is 3.50.